The lowest BCUT2D eigenvalue weighted by Gasteiger charge is -2.30. The number of nitrogens with zero attached hydrogens (tertiary/aromatic N) is 1. The zero-order chi connectivity index (χ0) is 20.3. The van der Waals surface area contributed by atoms with Crippen LogP contribution >= 0.6 is 0 Å². The van der Waals surface area contributed by atoms with Crippen LogP contribution in [0.25, 0.3) is 0 Å². The Kier molecular flexibility index (Phi) is 6.10. The van der Waals surface area contributed by atoms with E-state index in [1.807, 2.05) is 32.0 Å². The Morgan fingerprint density at radius 1 is 1.21 bits per heavy atom. The molecule has 1 aromatic heterocycles. The van der Waals surface area contributed by atoms with E-state index in [0.29, 0.717) is 31.7 Å². The lowest BCUT2D eigenvalue weighted by molar-refractivity contribution is 0.0891. The van der Waals surface area contributed by atoms with Gasteiger partial charge >= 0.3 is 0 Å². The summed E-state index contributed by atoms with van der Waals surface area (Å²) in [5, 5.41) is 2.91. The van der Waals surface area contributed by atoms with E-state index < -0.39 is 10.0 Å². The quantitative estimate of drug-likeness (QED) is 0.797. The van der Waals surface area contributed by atoms with Crippen molar-refractivity contribution < 1.29 is 22.4 Å². The highest BCUT2D eigenvalue weighted by atomic mass is 32.2. The summed E-state index contributed by atoms with van der Waals surface area (Å²) in [7, 11) is -3.17. The van der Waals surface area contributed by atoms with Gasteiger partial charge < -0.3 is 14.5 Å². The third-order valence-electron chi connectivity index (χ3n) is 4.84. The van der Waals surface area contributed by atoms with Crippen LogP contribution in [-0.4, -0.2) is 44.0 Å². The number of nitrogens with one attached hydrogen (secondary N) is 1. The van der Waals surface area contributed by atoms with Gasteiger partial charge in [0.05, 0.1) is 6.26 Å². The lowest BCUT2D eigenvalue weighted by Crippen LogP contribution is -2.46. The number of furan rings is 1. The van der Waals surface area contributed by atoms with Crippen molar-refractivity contribution in [2.24, 2.45) is 0 Å². The summed E-state index contributed by atoms with van der Waals surface area (Å²) >= 11 is 0. The minimum absolute atomic E-state index is 0.0643. The van der Waals surface area contributed by atoms with E-state index in [2.05, 4.69) is 5.32 Å². The number of aryl methyl sites for hydroxylation is 2. The van der Waals surface area contributed by atoms with E-state index in [1.165, 1.54) is 16.1 Å². The van der Waals surface area contributed by atoms with E-state index in [0.717, 1.165) is 11.3 Å². The molecule has 28 heavy (non-hydrogen) atoms. The molecule has 2 heterocycles. The summed E-state index contributed by atoms with van der Waals surface area (Å²) in [6.07, 6.45) is 2.38. The molecular formula is C20H26N2O5S. The molecule has 1 saturated heterocycles. The van der Waals surface area contributed by atoms with Crippen molar-refractivity contribution >= 4 is 15.9 Å². The SMILES string of the molecule is Cc1ccc(OCc2ccc(C(=O)NC3CCN(S(C)(=O)=O)CC3)o2)c(C)c1. The van der Waals surface area contributed by atoms with Gasteiger partial charge in [-0.15, -0.1) is 0 Å². The van der Waals surface area contributed by atoms with Crippen LogP contribution in [0.3, 0.4) is 0 Å². The van der Waals surface area contributed by atoms with Crippen molar-refractivity contribution in [3.63, 3.8) is 0 Å². The summed E-state index contributed by atoms with van der Waals surface area (Å²) in [6.45, 7) is 5.08. The van der Waals surface area contributed by atoms with Crippen LogP contribution < -0.4 is 10.1 Å². The van der Waals surface area contributed by atoms with Crippen molar-refractivity contribution in [3.8, 4) is 5.75 Å². The Bertz CT molecular complexity index is 943. The van der Waals surface area contributed by atoms with Crippen LogP contribution in [-0.2, 0) is 16.6 Å². The van der Waals surface area contributed by atoms with Gasteiger partial charge in [0.25, 0.3) is 5.91 Å². The van der Waals surface area contributed by atoms with E-state index in [9.17, 15) is 13.2 Å². The summed E-state index contributed by atoms with van der Waals surface area (Å²) in [5.74, 6) is 1.28. The second-order valence-corrected chi connectivity index (χ2v) is 9.22. The highest BCUT2D eigenvalue weighted by Gasteiger charge is 2.26. The van der Waals surface area contributed by atoms with Gasteiger partial charge in [-0.05, 0) is 50.5 Å². The maximum absolute atomic E-state index is 12.4. The fourth-order valence-electron chi connectivity index (χ4n) is 3.28. The van der Waals surface area contributed by atoms with Crippen LogP contribution in [0.5, 0.6) is 5.75 Å². The molecule has 0 spiro atoms. The molecule has 0 bridgehead atoms. The smallest absolute Gasteiger partial charge is 0.287 e. The van der Waals surface area contributed by atoms with Gasteiger partial charge in [-0.2, -0.15) is 0 Å². The highest BCUT2D eigenvalue weighted by molar-refractivity contribution is 7.88. The summed E-state index contributed by atoms with van der Waals surface area (Å²) in [5.41, 5.74) is 2.22. The van der Waals surface area contributed by atoms with Crippen molar-refractivity contribution in [2.45, 2.75) is 39.3 Å². The topological polar surface area (TPSA) is 88.9 Å². The van der Waals surface area contributed by atoms with Gasteiger partial charge in [0.1, 0.15) is 18.1 Å². The molecule has 0 radical (unpaired) electrons. The van der Waals surface area contributed by atoms with Crippen molar-refractivity contribution in [1.82, 2.24) is 9.62 Å². The number of sulfonamides is 1. The molecule has 1 aromatic carbocycles. The van der Waals surface area contributed by atoms with Crippen molar-refractivity contribution in [2.75, 3.05) is 19.3 Å². The van der Waals surface area contributed by atoms with Crippen LogP contribution in [0.4, 0.5) is 0 Å². The first-order valence-corrected chi connectivity index (χ1v) is 11.1. The maximum Gasteiger partial charge on any atom is 0.287 e. The number of hydrogen-bond donors (Lipinski definition) is 1. The van der Waals surface area contributed by atoms with Gasteiger partial charge in [-0.1, -0.05) is 17.7 Å². The molecule has 1 aliphatic heterocycles. The van der Waals surface area contributed by atoms with Crippen LogP contribution in [0, 0.1) is 13.8 Å². The van der Waals surface area contributed by atoms with Crippen LogP contribution in [0.15, 0.2) is 34.7 Å². The normalized spacial score (nSPS) is 16.1. The molecule has 152 valence electrons. The number of rotatable bonds is 6. The van der Waals surface area contributed by atoms with Crippen LogP contribution in [0.1, 0.15) is 40.3 Å². The Morgan fingerprint density at radius 3 is 2.57 bits per heavy atom. The molecule has 1 N–H and O–H groups in total. The summed E-state index contributed by atoms with van der Waals surface area (Å²) in [4.78, 5) is 12.4. The van der Waals surface area contributed by atoms with E-state index in [4.69, 9.17) is 9.15 Å². The predicted octanol–water partition coefficient (Wildman–Crippen LogP) is 2.63. The Morgan fingerprint density at radius 2 is 1.93 bits per heavy atom. The zero-order valence-corrected chi connectivity index (χ0v) is 17.2. The van der Waals surface area contributed by atoms with Crippen LogP contribution in [0.2, 0.25) is 0 Å². The molecule has 3 rings (SSSR count). The van der Waals surface area contributed by atoms with Gasteiger partial charge in [0.2, 0.25) is 10.0 Å². The molecule has 0 atom stereocenters. The largest absolute Gasteiger partial charge is 0.485 e. The highest BCUT2D eigenvalue weighted by Crippen LogP contribution is 2.21. The fraction of sp³-hybridized carbons (Fsp3) is 0.450. The minimum Gasteiger partial charge on any atom is -0.485 e. The zero-order valence-electron chi connectivity index (χ0n) is 16.4. The number of carbonyl (C=O) groups is 1. The molecule has 7 nitrogen and oxygen atoms in total. The number of hydrogen-bond acceptors (Lipinski definition) is 5. The van der Waals surface area contributed by atoms with Crippen molar-refractivity contribution in [3.05, 3.63) is 53.0 Å². The number of carbonyl (C=O) groups excluding carboxylic acids is 1. The molecule has 1 amide bonds. The second-order valence-electron chi connectivity index (χ2n) is 7.23. The number of amides is 1. The maximum atomic E-state index is 12.4. The van der Waals surface area contributed by atoms with Gasteiger partial charge in [0, 0.05) is 19.1 Å². The predicted molar refractivity (Wildman–Crippen MR) is 106 cm³/mol. The molecular weight excluding hydrogens is 380 g/mol. The summed E-state index contributed by atoms with van der Waals surface area (Å²) < 4.78 is 35.9. The first-order valence-electron chi connectivity index (χ1n) is 9.27. The van der Waals surface area contributed by atoms with Gasteiger partial charge in [-0.3, -0.25) is 4.79 Å². The monoisotopic (exact) mass is 406 g/mol. The minimum atomic E-state index is -3.17. The van der Waals surface area contributed by atoms with E-state index in [1.54, 1.807) is 12.1 Å². The standard InChI is InChI=1S/C20H26N2O5S/c1-14-4-6-18(15(2)12-14)26-13-17-5-7-19(27-17)20(23)21-16-8-10-22(11-9-16)28(3,24)25/h4-7,12,16H,8-11,13H2,1-3H3,(H,21,23). The molecule has 8 heteroatoms. The van der Waals surface area contributed by atoms with E-state index in [-0.39, 0.29) is 24.3 Å². The molecule has 0 saturated carbocycles. The Labute approximate surface area is 165 Å². The third-order valence-corrected chi connectivity index (χ3v) is 6.15. The van der Waals surface area contributed by atoms with E-state index >= 15 is 0 Å². The molecule has 2 aromatic rings. The molecule has 0 aliphatic carbocycles. The lowest BCUT2D eigenvalue weighted by atomic mass is 10.1. The average Bonchev–Trinajstić information content (AvgIpc) is 3.10. The molecule has 1 aliphatic rings. The number of benzene rings is 1. The fourth-order valence-corrected chi connectivity index (χ4v) is 4.15. The van der Waals surface area contributed by atoms with Crippen molar-refractivity contribution in [1.29, 1.82) is 0 Å². The molecule has 0 unspecified atom stereocenters. The first kappa shape index (κ1) is 20.4. The first-order chi connectivity index (χ1) is 13.2. The van der Waals surface area contributed by atoms with Gasteiger partial charge in [0.15, 0.2) is 5.76 Å². The Balaban J connectivity index is 1.51. The number of piperidine rings is 1. The number of ether oxygens (including phenoxy) is 1. The third kappa shape index (κ3) is 5.14. The average molecular weight is 407 g/mol. The second kappa shape index (κ2) is 8.36. The summed E-state index contributed by atoms with van der Waals surface area (Å²) in [6, 6.07) is 9.24. The Hall–Kier alpha value is -2.32. The molecule has 1 fully saturated rings. The van der Waals surface area contributed by atoms with Gasteiger partial charge in [-0.25, -0.2) is 12.7 Å².